The van der Waals surface area contributed by atoms with Crippen LogP contribution in [0, 0.1) is 11.3 Å². The van der Waals surface area contributed by atoms with Crippen LogP contribution in [0.15, 0.2) is 18.2 Å². The molecule has 3 heteroatoms. The minimum absolute atomic E-state index is 0.238. The molecule has 0 aromatic heterocycles. The fraction of sp³-hybridized carbons (Fsp3) is 0.462. The zero-order chi connectivity index (χ0) is 11.6. The quantitative estimate of drug-likeness (QED) is 0.762. The van der Waals surface area contributed by atoms with Crippen molar-refractivity contribution in [2.24, 2.45) is 0 Å². The van der Waals surface area contributed by atoms with Crippen molar-refractivity contribution in [3.05, 3.63) is 23.8 Å². The van der Waals surface area contributed by atoms with Gasteiger partial charge in [-0.15, -0.1) is 0 Å². The smallest absolute Gasteiger partial charge is 0.0992 e. The fourth-order valence-electron chi connectivity index (χ4n) is 2.20. The normalized spacial score (nSPS) is 17.2. The van der Waals surface area contributed by atoms with Gasteiger partial charge >= 0.3 is 0 Å². The molecule has 16 heavy (non-hydrogen) atoms. The van der Waals surface area contributed by atoms with Crippen molar-refractivity contribution in [3.8, 4) is 6.07 Å². The van der Waals surface area contributed by atoms with E-state index in [0.717, 1.165) is 12.1 Å². The maximum atomic E-state index is 8.76. The molecule has 1 aliphatic rings. The van der Waals surface area contributed by atoms with Crippen molar-refractivity contribution in [2.75, 3.05) is 11.1 Å². The molecule has 0 unspecified atom stereocenters. The van der Waals surface area contributed by atoms with Crippen LogP contribution in [0.2, 0.25) is 0 Å². The number of hydrogen-bond acceptors (Lipinski definition) is 3. The lowest BCUT2D eigenvalue weighted by molar-refractivity contribution is 0.270. The van der Waals surface area contributed by atoms with Gasteiger partial charge in [-0.05, 0) is 43.9 Å². The summed E-state index contributed by atoms with van der Waals surface area (Å²) in [6.07, 6.45) is 4.83. The highest BCUT2D eigenvalue weighted by Crippen LogP contribution is 2.39. The summed E-state index contributed by atoms with van der Waals surface area (Å²) in [5.41, 5.74) is 8.40. The van der Waals surface area contributed by atoms with Gasteiger partial charge in [-0.3, -0.25) is 0 Å². The molecule has 1 fully saturated rings. The molecule has 3 N–H and O–H groups in total. The highest BCUT2D eigenvalue weighted by Gasteiger charge is 2.35. The molecule has 0 heterocycles. The average molecular weight is 215 g/mol. The van der Waals surface area contributed by atoms with Crippen molar-refractivity contribution < 1.29 is 0 Å². The van der Waals surface area contributed by atoms with Gasteiger partial charge in [0.1, 0.15) is 0 Å². The zero-order valence-electron chi connectivity index (χ0n) is 9.59. The summed E-state index contributed by atoms with van der Waals surface area (Å²) in [5.74, 6) is 0. The van der Waals surface area contributed by atoms with Crippen molar-refractivity contribution in [1.82, 2.24) is 0 Å². The van der Waals surface area contributed by atoms with Crippen molar-refractivity contribution in [1.29, 1.82) is 5.26 Å². The number of nitriles is 1. The van der Waals surface area contributed by atoms with Gasteiger partial charge in [-0.1, -0.05) is 6.92 Å². The Bertz CT molecular complexity index is 422. The van der Waals surface area contributed by atoms with Gasteiger partial charge < -0.3 is 11.1 Å². The lowest BCUT2D eigenvalue weighted by Crippen LogP contribution is -2.44. The summed E-state index contributed by atoms with van der Waals surface area (Å²) in [6, 6.07) is 7.53. The molecule has 1 saturated carbocycles. The van der Waals surface area contributed by atoms with E-state index < -0.39 is 0 Å². The van der Waals surface area contributed by atoms with E-state index in [-0.39, 0.29) is 5.54 Å². The summed E-state index contributed by atoms with van der Waals surface area (Å²) in [7, 11) is 0. The third-order valence-electron chi connectivity index (χ3n) is 3.57. The number of rotatable bonds is 3. The highest BCUT2D eigenvalue weighted by atomic mass is 15.0. The first-order valence-electron chi connectivity index (χ1n) is 5.77. The summed E-state index contributed by atoms with van der Waals surface area (Å²) < 4.78 is 0. The fourth-order valence-corrected chi connectivity index (χ4v) is 2.20. The molecular weight excluding hydrogens is 198 g/mol. The van der Waals surface area contributed by atoms with Crippen molar-refractivity contribution in [3.63, 3.8) is 0 Å². The van der Waals surface area contributed by atoms with Crippen LogP contribution >= 0.6 is 0 Å². The molecule has 84 valence electrons. The Hall–Kier alpha value is -1.69. The molecule has 0 spiro atoms. The second kappa shape index (κ2) is 4.05. The van der Waals surface area contributed by atoms with Crippen LogP contribution in [0.1, 0.15) is 38.2 Å². The van der Waals surface area contributed by atoms with Crippen LogP contribution < -0.4 is 11.1 Å². The van der Waals surface area contributed by atoms with Gasteiger partial charge in [0.05, 0.1) is 23.0 Å². The molecule has 0 amide bonds. The molecule has 0 saturated heterocycles. The van der Waals surface area contributed by atoms with Gasteiger partial charge in [-0.2, -0.15) is 5.26 Å². The lowest BCUT2D eigenvalue weighted by Gasteiger charge is -2.43. The van der Waals surface area contributed by atoms with Gasteiger partial charge in [0, 0.05) is 5.54 Å². The first-order chi connectivity index (χ1) is 7.69. The monoisotopic (exact) mass is 215 g/mol. The Morgan fingerprint density at radius 1 is 1.50 bits per heavy atom. The minimum atomic E-state index is 0.238. The summed E-state index contributed by atoms with van der Waals surface area (Å²) in [5, 5.41) is 12.3. The maximum Gasteiger partial charge on any atom is 0.0992 e. The number of nitrogens with zero attached hydrogens (tertiary/aromatic N) is 1. The number of nitrogen functional groups attached to an aromatic ring is 1. The number of nitrogens with one attached hydrogen (secondary N) is 1. The Kier molecular flexibility index (Phi) is 2.74. The number of nitrogens with two attached hydrogens (primary N) is 1. The maximum absolute atomic E-state index is 8.76. The van der Waals surface area contributed by atoms with Crippen LogP contribution in [-0.4, -0.2) is 5.54 Å². The largest absolute Gasteiger partial charge is 0.397 e. The Morgan fingerprint density at radius 3 is 2.69 bits per heavy atom. The third-order valence-corrected chi connectivity index (χ3v) is 3.57. The van der Waals surface area contributed by atoms with E-state index in [4.69, 9.17) is 11.0 Å². The van der Waals surface area contributed by atoms with Crippen molar-refractivity contribution >= 4 is 11.4 Å². The Labute approximate surface area is 96.3 Å². The van der Waals surface area contributed by atoms with E-state index in [1.807, 2.05) is 6.07 Å². The molecule has 0 radical (unpaired) electrons. The van der Waals surface area contributed by atoms with Gasteiger partial charge in [0.15, 0.2) is 0 Å². The first kappa shape index (κ1) is 10.8. The molecule has 1 aromatic rings. The number of hydrogen-bond donors (Lipinski definition) is 2. The van der Waals surface area contributed by atoms with Crippen LogP contribution in [0.25, 0.3) is 0 Å². The van der Waals surface area contributed by atoms with E-state index in [1.54, 1.807) is 12.1 Å². The topological polar surface area (TPSA) is 61.8 Å². The zero-order valence-corrected chi connectivity index (χ0v) is 9.59. The van der Waals surface area contributed by atoms with Gasteiger partial charge in [0.25, 0.3) is 0 Å². The number of benzene rings is 1. The van der Waals surface area contributed by atoms with Gasteiger partial charge in [-0.25, -0.2) is 0 Å². The van der Waals surface area contributed by atoms with Crippen LogP contribution in [0.5, 0.6) is 0 Å². The van der Waals surface area contributed by atoms with Gasteiger partial charge in [0.2, 0.25) is 0 Å². The standard InChI is InChI=1S/C13H17N3/c1-2-13(6-3-7-13)16-12-5-4-10(9-14)8-11(12)15/h4-5,8,16H,2-3,6-7,15H2,1H3. The summed E-state index contributed by atoms with van der Waals surface area (Å²) >= 11 is 0. The second-order valence-electron chi connectivity index (χ2n) is 4.53. The van der Waals surface area contributed by atoms with E-state index in [1.165, 1.54) is 19.3 Å². The van der Waals surface area contributed by atoms with E-state index in [0.29, 0.717) is 11.3 Å². The van der Waals surface area contributed by atoms with E-state index in [2.05, 4.69) is 18.3 Å². The van der Waals surface area contributed by atoms with Crippen molar-refractivity contribution in [2.45, 2.75) is 38.1 Å². The highest BCUT2D eigenvalue weighted by molar-refractivity contribution is 5.69. The lowest BCUT2D eigenvalue weighted by atomic mass is 9.74. The average Bonchev–Trinajstić information content (AvgIpc) is 2.25. The van der Waals surface area contributed by atoms with Crippen LogP contribution in [0.4, 0.5) is 11.4 Å². The Morgan fingerprint density at radius 2 is 2.25 bits per heavy atom. The molecule has 0 bridgehead atoms. The molecule has 1 aromatic carbocycles. The molecule has 2 rings (SSSR count). The molecule has 3 nitrogen and oxygen atoms in total. The van der Waals surface area contributed by atoms with Crippen LogP contribution in [-0.2, 0) is 0 Å². The first-order valence-corrected chi connectivity index (χ1v) is 5.77. The predicted molar refractivity (Wildman–Crippen MR) is 66.1 cm³/mol. The molecule has 1 aliphatic carbocycles. The SMILES string of the molecule is CCC1(Nc2ccc(C#N)cc2N)CCC1. The predicted octanol–water partition coefficient (Wildman–Crippen LogP) is 2.89. The number of anilines is 2. The van der Waals surface area contributed by atoms with E-state index in [9.17, 15) is 0 Å². The summed E-state index contributed by atoms with van der Waals surface area (Å²) in [6.45, 7) is 2.20. The molecule has 0 aliphatic heterocycles. The van der Waals surface area contributed by atoms with E-state index >= 15 is 0 Å². The summed E-state index contributed by atoms with van der Waals surface area (Å²) in [4.78, 5) is 0. The Balaban J connectivity index is 2.19. The minimum Gasteiger partial charge on any atom is -0.397 e. The van der Waals surface area contributed by atoms with Crippen LogP contribution in [0.3, 0.4) is 0 Å². The molecule has 0 atom stereocenters. The molecular formula is C13H17N3. The second-order valence-corrected chi connectivity index (χ2v) is 4.53. The third kappa shape index (κ3) is 1.83.